The van der Waals surface area contributed by atoms with Gasteiger partial charge in [0.25, 0.3) is 0 Å². The number of allylic oxidation sites excluding steroid dienone is 4. The van der Waals surface area contributed by atoms with Crippen LogP contribution in [-0.2, 0) is 24.6 Å². The summed E-state index contributed by atoms with van der Waals surface area (Å²) in [7, 11) is 0. The SMILES string of the molecule is CCN1C(=O)C2CC=C3C(CC4C(=O)C(c5ccccc5)=CC(=O)C4(c4ccccc4)C3c3ccc4ccccc4c3O)C2C1=O. The number of imide groups is 1. The second-order valence-electron chi connectivity index (χ2n) is 12.9. The topological polar surface area (TPSA) is 91.8 Å². The number of ketones is 2. The second-order valence-corrected chi connectivity index (χ2v) is 12.9. The van der Waals surface area contributed by atoms with Crippen molar-refractivity contribution in [3.8, 4) is 5.75 Å². The molecule has 3 aliphatic carbocycles. The molecule has 6 unspecified atom stereocenters. The van der Waals surface area contributed by atoms with Gasteiger partial charge in [-0.05, 0) is 48.3 Å². The number of carbonyl (C=O) groups is 4. The Morgan fingerprint density at radius 3 is 2.24 bits per heavy atom. The van der Waals surface area contributed by atoms with E-state index in [0.29, 0.717) is 34.1 Å². The van der Waals surface area contributed by atoms with Gasteiger partial charge < -0.3 is 5.11 Å². The summed E-state index contributed by atoms with van der Waals surface area (Å²) in [6.45, 7) is 2.09. The van der Waals surface area contributed by atoms with Gasteiger partial charge in [0.1, 0.15) is 5.75 Å². The molecule has 2 amide bonds. The third-order valence-electron chi connectivity index (χ3n) is 11.0. The Bertz CT molecular complexity index is 2010. The van der Waals surface area contributed by atoms with Crippen LogP contribution in [0.25, 0.3) is 16.3 Å². The molecule has 6 atom stereocenters. The van der Waals surface area contributed by atoms with E-state index in [1.165, 1.54) is 11.0 Å². The van der Waals surface area contributed by atoms with Crippen molar-refractivity contribution in [1.82, 2.24) is 4.90 Å². The first kappa shape index (κ1) is 28.4. The molecule has 4 aliphatic rings. The molecule has 0 spiro atoms. The van der Waals surface area contributed by atoms with E-state index in [1.807, 2.05) is 103 Å². The number of benzene rings is 4. The van der Waals surface area contributed by atoms with Crippen molar-refractivity contribution < 1.29 is 24.3 Å². The minimum atomic E-state index is -1.37. The first-order valence-electron chi connectivity index (χ1n) is 16.0. The van der Waals surface area contributed by atoms with E-state index < -0.39 is 35.0 Å². The van der Waals surface area contributed by atoms with Gasteiger partial charge in [0, 0.05) is 34.9 Å². The predicted molar refractivity (Wildman–Crippen MR) is 175 cm³/mol. The first-order chi connectivity index (χ1) is 22.4. The van der Waals surface area contributed by atoms with Crippen molar-refractivity contribution in [3.63, 3.8) is 0 Å². The highest BCUT2D eigenvalue weighted by molar-refractivity contribution is 6.31. The molecule has 1 saturated carbocycles. The van der Waals surface area contributed by atoms with E-state index in [0.717, 1.165) is 11.0 Å². The Labute approximate surface area is 267 Å². The third kappa shape index (κ3) is 3.76. The Kier molecular flexibility index (Phi) is 6.47. The number of phenolic OH excluding ortho intramolecular Hbond substituents is 1. The highest BCUT2D eigenvalue weighted by Gasteiger charge is 2.66. The van der Waals surface area contributed by atoms with Gasteiger partial charge in [-0.3, -0.25) is 24.1 Å². The van der Waals surface area contributed by atoms with Gasteiger partial charge in [0.05, 0.1) is 17.3 Å². The molecule has 228 valence electrons. The number of Topliss-reactive ketones (excluding diaryl/α,β-unsaturated/α-hetero) is 1. The van der Waals surface area contributed by atoms with Gasteiger partial charge in [-0.25, -0.2) is 0 Å². The van der Waals surface area contributed by atoms with Crippen molar-refractivity contribution in [2.45, 2.75) is 31.1 Å². The fraction of sp³-hybridized carbons (Fsp3) is 0.250. The average Bonchev–Trinajstić information content (AvgIpc) is 3.35. The number of hydrogen-bond donors (Lipinski definition) is 1. The molecule has 1 N–H and O–H groups in total. The summed E-state index contributed by atoms with van der Waals surface area (Å²) >= 11 is 0. The number of fused-ring (bicyclic) bond motifs is 5. The van der Waals surface area contributed by atoms with E-state index in [4.69, 9.17) is 0 Å². The van der Waals surface area contributed by atoms with E-state index >= 15 is 4.79 Å². The van der Waals surface area contributed by atoms with Gasteiger partial charge in [0.15, 0.2) is 11.6 Å². The smallest absolute Gasteiger partial charge is 0.233 e. The first-order valence-corrected chi connectivity index (χ1v) is 16.0. The van der Waals surface area contributed by atoms with Crippen LogP contribution in [0.1, 0.15) is 42.4 Å². The molecule has 4 aromatic rings. The lowest BCUT2D eigenvalue weighted by Crippen LogP contribution is -2.58. The van der Waals surface area contributed by atoms with Crippen LogP contribution in [0.4, 0.5) is 0 Å². The van der Waals surface area contributed by atoms with Crippen molar-refractivity contribution in [1.29, 1.82) is 0 Å². The molecule has 0 bridgehead atoms. The maximum Gasteiger partial charge on any atom is 0.233 e. The van der Waals surface area contributed by atoms with Gasteiger partial charge >= 0.3 is 0 Å². The van der Waals surface area contributed by atoms with Crippen LogP contribution in [0.3, 0.4) is 0 Å². The number of hydrogen-bond acceptors (Lipinski definition) is 5. The van der Waals surface area contributed by atoms with Gasteiger partial charge in [-0.15, -0.1) is 0 Å². The van der Waals surface area contributed by atoms with Gasteiger partial charge in [-0.1, -0.05) is 109 Å². The average molecular weight is 608 g/mol. The highest BCUT2D eigenvalue weighted by atomic mass is 16.3. The van der Waals surface area contributed by atoms with Crippen molar-refractivity contribution in [2.75, 3.05) is 6.54 Å². The zero-order chi connectivity index (χ0) is 31.7. The van der Waals surface area contributed by atoms with Crippen LogP contribution < -0.4 is 0 Å². The number of aromatic hydroxyl groups is 1. The molecule has 2 fully saturated rings. The molecule has 6 nitrogen and oxygen atoms in total. The summed E-state index contributed by atoms with van der Waals surface area (Å²) in [5.41, 5.74) is 1.74. The third-order valence-corrected chi connectivity index (χ3v) is 11.0. The van der Waals surface area contributed by atoms with E-state index in [-0.39, 0.29) is 42.1 Å². The predicted octanol–water partition coefficient (Wildman–Crippen LogP) is 6.39. The zero-order valence-electron chi connectivity index (χ0n) is 25.4. The van der Waals surface area contributed by atoms with Crippen LogP contribution in [-0.4, -0.2) is 39.9 Å². The van der Waals surface area contributed by atoms with Crippen molar-refractivity contribution in [3.05, 3.63) is 131 Å². The molecule has 4 aromatic carbocycles. The molecular weight excluding hydrogens is 574 g/mol. The summed E-state index contributed by atoms with van der Waals surface area (Å²) in [4.78, 5) is 58.7. The molecular formula is C40H33NO5. The Balaban J connectivity index is 1.44. The lowest BCUT2D eigenvalue weighted by Gasteiger charge is -2.55. The second kappa shape index (κ2) is 10.5. The standard InChI is InChI=1S/C40H33NO5/c1-2-41-38(45)28-20-19-27-31(34(28)39(41)46)21-32-37(44)30(23-11-5-3-6-12-23)22-33(42)40(32,25-14-7-4-8-15-25)35(27)29-18-17-24-13-9-10-16-26(24)36(29)43/h3-19,22,28,31-32,34-35,43H,2,20-21H2,1H3. The molecule has 1 saturated heterocycles. The zero-order valence-corrected chi connectivity index (χ0v) is 25.4. The molecule has 0 aromatic heterocycles. The fourth-order valence-corrected chi connectivity index (χ4v) is 9.10. The minimum Gasteiger partial charge on any atom is -0.507 e. The largest absolute Gasteiger partial charge is 0.507 e. The van der Waals surface area contributed by atoms with E-state index in [2.05, 4.69) is 0 Å². The summed E-state index contributed by atoms with van der Waals surface area (Å²) in [6, 6.07) is 30.0. The van der Waals surface area contributed by atoms with E-state index in [1.54, 1.807) is 6.92 Å². The number of carbonyl (C=O) groups excluding carboxylic acids is 4. The van der Waals surface area contributed by atoms with Gasteiger partial charge in [0.2, 0.25) is 11.8 Å². The molecule has 0 radical (unpaired) electrons. The molecule has 8 rings (SSSR count). The van der Waals surface area contributed by atoms with Crippen LogP contribution in [0.15, 0.2) is 115 Å². The molecule has 6 heteroatoms. The quantitative estimate of drug-likeness (QED) is 0.215. The fourth-order valence-electron chi connectivity index (χ4n) is 9.10. The van der Waals surface area contributed by atoms with Crippen LogP contribution >= 0.6 is 0 Å². The van der Waals surface area contributed by atoms with Crippen molar-refractivity contribution >= 4 is 39.7 Å². The summed E-state index contributed by atoms with van der Waals surface area (Å²) in [6.07, 6.45) is 4.15. The summed E-state index contributed by atoms with van der Waals surface area (Å²) in [5, 5.41) is 13.5. The lowest BCUT2D eigenvalue weighted by atomic mass is 9.44. The number of nitrogens with zero attached hydrogens (tertiary/aromatic N) is 1. The Morgan fingerprint density at radius 1 is 0.804 bits per heavy atom. The summed E-state index contributed by atoms with van der Waals surface area (Å²) in [5.74, 6) is -3.85. The number of phenols is 1. The molecule has 1 aliphatic heterocycles. The van der Waals surface area contributed by atoms with E-state index in [9.17, 15) is 19.5 Å². The normalized spacial score (nSPS) is 28.8. The van der Waals surface area contributed by atoms with Crippen LogP contribution in [0, 0.1) is 23.7 Å². The number of amides is 2. The highest BCUT2D eigenvalue weighted by Crippen LogP contribution is 2.64. The van der Waals surface area contributed by atoms with Crippen molar-refractivity contribution in [2.24, 2.45) is 23.7 Å². The molecule has 46 heavy (non-hydrogen) atoms. The Morgan fingerprint density at radius 2 is 1.50 bits per heavy atom. The van der Waals surface area contributed by atoms with Crippen LogP contribution in [0.2, 0.25) is 0 Å². The lowest BCUT2D eigenvalue weighted by molar-refractivity contribution is -0.140. The molecule has 1 heterocycles. The maximum absolute atomic E-state index is 15.1. The van der Waals surface area contributed by atoms with Gasteiger partial charge in [-0.2, -0.15) is 0 Å². The Hall–Kier alpha value is -5.10. The van der Waals surface area contributed by atoms with Crippen LogP contribution in [0.5, 0.6) is 5.75 Å². The minimum absolute atomic E-state index is 0.0583. The number of likely N-dealkylation sites (tertiary alicyclic amines) is 1. The summed E-state index contributed by atoms with van der Waals surface area (Å²) < 4.78 is 0. The number of rotatable bonds is 4. The monoisotopic (exact) mass is 607 g/mol. The maximum atomic E-state index is 15.1.